The van der Waals surface area contributed by atoms with Gasteiger partial charge in [0, 0.05) is 19.3 Å². The summed E-state index contributed by atoms with van der Waals surface area (Å²) in [7, 11) is -3.85. The standard InChI is InChI=1S/C34H42N6O5S/c1-6-17-39-21-28(37-38-39)23-44-32(34(4,5)33(41)36-27-11-10-16-35-19-27)25-15-14-24(3)26(18-25)20-40-22-29(7-2)45-30-12-8-9-13-31(30)46(40,42)43/h8-16,18-19,21,29,32H,6-7,17,20,22-23H2,1-5H3,(H,36,41)/t29-,32?/m1/s1. The molecule has 5 rings (SSSR count). The number of aromatic nitrogens is 4. The first kappa shape index (κ1) is 33.2. The number of nitrogens with zero attached hydrogens (tertiary/aromatic N) is 5. The average Bonchev–Trinajstić information content (AvgIpc) is 3.45. The van der Waals surface area contributed by atoms with Gasteiger partial charge in [-0.15, -0.1) is 5.10 Å². The van der Waals surface area contributed by atoms with Crippen molar-refractivity contribution in [3.63, 3.8) is 0 Å². The predicted molar refractivity (Wildman–Crippen MR) is 174 cm³/mol. The Morgan fingerprint density at radius 2 is 1.96 bits per heavy atom. The van der Waals surface area contributed by atoms with Crippen LogP contribution in [0.1, 0.15) is 69.0 Å². The third kappa shape index (κ3) is 7.30. The van der Waals surface area contributed by atoms with Crippen molar-refractivity contribution in [2.24, 2.45) is 5.41 Å². The van der Waals surface area contributed by atoms with Crippen molar-refractivity contribution >= 4 is 21.6 Å². The molecule has 0 saturated carbocycles. The summed E-state index contributed by atoms with van der Waals surface area (Å²) in [6.45, 7) is 10.9. The number of pyridine rings is 1. The molecule has 0 bridgehead atoms. The summed E-state index contributed by atoms with van der Waals surface area (Å²) in [5.74, 6) is 0.116. The van der Waals surface area contributed by atoms with Crippen LogP contribution in [-0.4, -0.2) is 51.3 Å². The predicted octanol–water partition coefficient (Wildman–Crippen LogP) is 5.68. The largest absolute Gasteiger partial charge is 0.488 e. The number of rotatable bonds is 12. The van der Waals surface area contributed by atoms with Gasteiger partial charge in [0.1, 0.15) is 22.4 Å². The lowest BCUT2D eigenvalue weighted by Gasteiger charge is -2.34. The molecule has 4 aromatic rings. The van der Waals surface area contributed by atoms with Crippen LogP contribution in [0.15, 0.2) is 78.1 Å². The van der Waals surface area contributed by atoms with E-state index in [1.807, 2.05) is 52.1 Å². The number of carbonyl (C=O) groups excluding carboxylic acids is 1. The van der Waals surface area contributed by atoms with Gasteiger partial charge in [-0.2, -0.15) is 4.31 Å². The molecule has 0 spiro atoms. The highest BCUT2D eigenvalue weighted by Gasteiger charge is 2.40. The van der Waals surface area contributed by atoms with Gasteiger partial charge in [-0.1, -0.05) is 49.4 Å². The van der Waals surface area contributed by atoms with Crippen molar-refractivity contribution in [3.8, 4) is 5.75 Å². The number of aryl methyl sites for hydroxylation is 2. The van der Waals surface area contributed by atoms with Crippen molar-refractivity contribution in [2.45, 2.75) is 84.3 Å². The monoisotopic (exact) mass is 646 g/mol. The lowest BCUT2D eigenvalue weighted by atomic mass is 9.80. The van der Waals surface area contributed by atoms with Crippen LogP contribution in [0.2, 0.25) is 0 Å². The van der Waals surface area contributed by atoms with Crippen LogP contribution >= 0.6 is 0 Å². The van der Waals surface area contributed by atoms with Crippen molar-refractivity contribution in [2.75, 3.05) is 11.9 Å². The zero-order chi connectivity index (χ0) is 32.9. The number of sulfonamides is 1. The van der Waals surface area contributed by atoms with E-state index in [-0.39, 0.29) is 36.6 Å². The number of benzene rings is 2. The number of hydrogen-bond acceptors (Lipinski definition) is 8. The van der Waals surface area contributed by atoms with Gasteiger partial charge in [-0.3, -0.25) is 14.5 Å². The molecule has 11 nitrogen and oxygen atoms in total. The van der Waals surface area contributed by atoms with Crippen LogP contribution < -0.4 is 10.1 Å². The first-order valence-corrected chi connectivity index (χ1v) is 17.0. The molecule has 1 unspecified atom stereocenters. The normalized spacial score (nSPS) is 17.0. The summed E-state index contributed by atoms with van der Waals surface area (Å²) in [6.07, 6.45) is 5.64. The number of carbonyl (C=O) groups is 1. The molecule has 0 radical (unpaired) electrons. The second-order valence-corrected chi connectivity index (χ2v) is 14.1. The van der Waals surface area contributed by atoms with E-state index in [0.717, 1.165) is 29.7 Å². The second kappa shape index (κ2) is 14.1. The Bertz CT molecular complexity index is 1760. The minimum Gasteiger partial charge on any atom is -0.488 e. The molecule has 244 valence electrons. The SMILES string of the molecule is CCCn1cc(COC(c2ccc(C)c(CN3C[C@@H](CC)Oc4ccccc4S3(=O)=O)c2)C(C)(C)C(=O)Nc2cccnc2)nn1. The highest BCUT2D eigenvalue weighted by Crippen LogP contribution is 2.40. The maximum Gasteiger partial charge on any atom is 0.247 e. The molecular formula is C34H42N6O5S. The lowest BCUT2D eigenvalue weighted by Crippen LogP contribution is -2.38. The van der Waals surface area contributed by atoms with Gasteiger partial charge in [0.15, 0.2) is 0 Å². The van der Waals surface area contributed by atoms with Gasteiger partial charge < -0.3 is 14.8 Å². The number of fused-ring (bicyclic) bond motifs is 1. The molecule has 46 heavy (non-hydrogen) atoms. The minimum atomic E-state index is -3.85. The number of nitrogens with one attached hydrogen (secondary N) is 1. The molecule has 2 atom stereocenters. The molecule has 1 aliphatic heterocycles. The van der Waals surface area contributed by atoms with Gasteiger partial charge >= 0.3 is 0 Å². The van der Waals surface area contributed by atoms with Crippen LogP contribution in [0.5, 0.6) is 5.75 Å². The quantitative estimate of drug-likeness (QED) is 0.208. The number of ether oxygens (including phenoxy) is 2. The fraction of sp³-hybridized carbons (Fsp3) is 0.412. The minimum absolute atomic E-state index is 0.133. The first-order chi connectivity index (χ1) is 22.0. The molecule has 0 fully saturated rings. The van der Waals surface area contributed by atoms with Crippen LogP contribution in [0, 0.1) is 12.3 Å². The van der Waals surface area contributed by atoms with Gasteiger partial charge in [0.05, 0.1) is 42.8 Å². The van der Waals surface area contributed by atoms with Gasteiger partial charge in [-0.25, -0.2) is 8.42 Å². The Labute approximate surface area is 271 Å². The van der Waals surface area contributed by atoms with E-state index in [2.05, 4.69) is 27.5 Å². The topological polar surface area (TPSA) is 129 Å². The summed E-state index contributed by atoms with van der Waals surface area (Å²) in [5.41, 5.74) is 2.63. The molecule has 2 aromatic heterocycles. The molecule has 1 aliphatic rings. The molecule has 0 aliphatic carbocycles. The van der Waals surface area contributed by atoms with Gasteiger partial charge in [0.2, 0.25) is 15.9 Å². The lowest BCUT2D eigenvalue weighted by molar-refractivity contribution is -0.134. The summed E-state index contributed by atoms with van der Waals surface area (Å²) < 4.78 is 43.7. The zero-order valence-electron chi connectivity index (χ0n) is 27.0. The summed E-state index contributed by atoms with van der Waals surface area (Å²) in [6, 6.07) is 16.1. The molecule has 0 saturated heterocycles. The fourth-order valence-electron chi connectivity index (χ4n) is 5.50. The molecule has 12 heteroatoms. The van der Waals surface area contributed by atoms with Crippen LogP contribution in [0.25, 0.3) is 0 Å². The Morgan fingerprint density at radius 1 is 1.15 bits per heavy atom. The maximum absolute atomic E-state index is 13.9. The van der Waals surface area contributed by atoms with Crippen LogP contribution in [0.3, 0.4) is 0 Å². The first-order valence-electron chi connectivity index (χ1n) is 15.6. The Hall–Kier alpha value is -4.13. The molecule has 1 N–H and O–H groups in total. The number of hydrogen-bond donors (Lipinski definition) is 1. The van der Waals surface area contributed by atoms with E-state index < -0.39 is 21.5 Å². The molecule has 1 amide bonds. The van der Waals surface area contributed by atoms with Crippen molar-refractivity contribution < 1.29 is 22.7 Å². The number of anilines is 1. The van der Waals surface area contributed by atoms with Crippen LogP contribution in [-0.2, 0) is 39.3 Å². The van der Waals surface area contributed by atoms with E-state index in [0.29, 0.717) is 23.6 Å². The van der Waals surface area contributed by atoms with E-state index in [1.54, 1.807) is 53.5 Å². The number of para-hydroxylation sites is 1. The summed E-state index contributed by atoms with van der Waals surface area (Å²) in [4.78, 5) is 18.0. The fourth-order valence-corrected chi connectivity index (χ4v) is 7.07. The van der Waals surface area contributed by atoms with E-state index in [9.17, 15) is 13.2 Å². The Morgan fingerprint density at radius 3 is 2.70 bits per heavy atom. The highest BCUT2D eigenvalue weighted by molar-refractivity contribution is 7.89. The average molecular weight is 647 g/mol. The van der Waals surface area contributed by atoms with E-state index >= 15 is 0 Å². The molecule has 3 heterocycles. The molecular weight excluding hydrogens is 604 g/mol. The van der Waals surface area contributed by atoms with Gasteiger partial charge in [-0.05, 0) is 74.6 Å². The highest BCUT2D eigenvalue weighted by atomic mass is 32.2. The van der Waals surface area contributed by atoms with E-state index in [4.69, 9.17) is 9.47 Å². The Kier molecular flexibility index (Phi) is 10.2. The maximum atomic E-state index is 13.9. The second-order valence-electron chi connectivity index (χ2n) is 12.2. The summed E-state index contributed by atoms with van der Waals surface area (Å²) in [5, 5.41) is 11.4. The van der Waals surface area contributed by atoms with Crippen molar-refractivity contribution in [1.29, 1.82) is 0 Å². The summed E-state index contributed by atoms with van der Waals surface area (Å²) >= 11 is 0. The van der Waals surface area contributed by atoms with Crippen molar-refractivity contribution in [3.05, 3.63) is 95.6 Å². The van der Waals surface area contributed by atoms with Crippen molar-refractivity contribution in [1.82, 2.24) is 24.3 Å². The zero-order valence-corrected chi connectivity index (χ0v) is 27.8. The third-order valence-electron chi connectivity index (χ3n) is 8.24. The Balaban J connectivity index is 1.48. The number of amides is 1. The van der Waals surface area contributed by atoms with Gasteiger partial charge in [0.25, 0.3) is 0 Å². The van der Waals surface area contributed by atoms with Crippen LogP contribution in [0.4, 0.5) is 5.69 Å². The van der Waals surface area contributed by atoms with E-state index in [1.165, 1.54) is 4.31 Å². The third-order valence-corrected chi connectivity index (χ3v) is 10.1. The molecule has 2 aromatic carbocycles. The smallest absolute Gasteiger partial charge is 0.247 e.